The topological polar surface area (TPSA) is 26.0 Å². The Labute approximate surface area is 110 Å². The largest absolute Gasteiger partial charge is 0.456 e. The van der Waals surface area contributed by atoms with Crippen LogP contribution in [0.25, 0.3) is 33.2 Å². The summed E-state index contributed by atoms with van der Waals surface area (Å²) in [5.41, 5.74) is 3.82. The molecule has 19 heavy (non-hydrogen) atoms. The summed E-state index contributed by atoms with van der Waals surface area (Å²) >= 11 is 0. The van der Waals surface area contributed by atoms with Crippen LogP contribution in [0, 0.1) is 6.07 Å². The lowest BCUT2D eigenvalue weighted by Crippen LogP contribution is -1.81. The fourth-order valence-electron chi connectivity index (χ4n) is 2.34. The lowest BCUT2D eigenvalue weighted by Gasteiger charge is -1.99. The van der Waals surface area contributed by atoms with Crippen LogP contribution in [0.1, 0.15) is 0 Å². The van der Waals surface area contributed by atoms with Gasteiger partial charge >= 0.3 is 0 Å². The number of hydrogen-bond donors (Lipinski definition) is 0. The van der Waals surface area contributed by atoms with Crippen LogP contribution < -0.4 is 0 Å². The van der Waals surface area contributed by atoms with E-state index < -0.39 is 0 Å². The van der Waals surface area contributed by atoms with Gasteiger partial charge in [0.2, 0.25) is 0 Å². The first-order valence-electron chi connectivity index (χ1n) is 6.16. The summed E-state index contributed by atoms with van der Waals surface area (Å²) in [5, 5.41) is 2.11. The lowest BCUT2D eigenvalue weighted by molar-refractivity contribution is 0.669. The summed E-state index contributed by atoms with van der Waals surface area (Å²) in [5.74, 6) is 0. The molecule has 0 unspecified atom stereocenters. The van der Waals surface area contributed by atoms with E-state index in [2.05, 4.69) is 17.1 Å². The Morgan fingerprint density at radius 2 is 1.95 bits per heavy atom. The van der Waals surface area contributed by atoms with Gasteiger partial charge in [0.1, 0.15) is 11.2 Å². The maximum Gasteiger partial charge on any atom is 0.136 e. The molecule has 0 spiro atoms. The highest BCUT2D eigenvalue weighted by molar-refractivity contribution is 6.05. The second kappa shape index (κ2) is 3.95. The van der Waals surface area contributed by atoms with E-state index in [0.29, 0.717) is 0 Å². The molecule has 4 aromatic rings. The van der Waals surface area contributed by atoms with Crippen molar-refractivity contribution >= 4 is 21.9 Å². The zero-order chi connectivity index (χ0) is 12.7. The van der Waals surface area contributed by atoms with Crippen molar-refractivity contribution in [1.29, 1.82) is 0 Å². The van der Waals surface area contributed by atoms with Gasteiger partial charge in [-0.3, -0.25) is 4.98 Å². The molecular formula is C17H10NO. The number of hydrogen-bond acceptors (Lipinski definition) is 2. The van der Waals surface area contributed by atoms with Crippen LogP contribution in [0.3, 0.4) is 0 Å². The number of aromatic nitrogens is 1. The Bertz CT molecular complexity index is 862. The first-order valence-corrected chi connectivity index (χ1v) is 6.16. The molecule has 0 amide bonds. The second-order valence-corrected chi connectivity index (χ2v) is 4.44. The van der Waals surface area contributed by atoms with Gasteiger partial charge in [-0.05, 0) is 42.5 Å². The van der Waals surface area contributed by atoms with E-state index >= 15 is 0 Å². The fourth-order valence-corrected chi connectivity index (χ4v) is 2.34. The van der Waals surface area contributed by atoms with E-state index in [1.54, 1.807) is 6.20 Å². The van der Waals surface area contributed by atoms with Crippen molar-refractivity contribution in [1.82, 2.24) is 4.98 Å². The molecule has 2 aromatic carbocycles. The number of nitrogens with zero attached hydrogens (tertiary/aromatic N) is 1. The number of fused-ring (bicyclic) bond motifs is 3. The summed E-state index contributed by atoms with van der Waals surface area (Å²) in [7, 11) is 0. The molecule has 1 radical (unpaired) electrons. The molecule has 0 bridgehead atoms. The quantitative estimate of drug-likeness (QED) is 0.494. The van der Waals surface area contributed by atoms with Crippen molar-refractivity contribution in [2.45, 2.75) is 0 Å². The summed E-state index contributed by atoms with van der Waals surface area (Å²) in [6.07, 6.45) is 1.80. The number of furan rings is 1. The van der Waals surface area contributed by atoms with Crippen LogP contribution in [-0.2, 0) is 0 Å². The SMILES string of the molecule is [c]1cccc2oc3ccc(-c4ccccn4)cc3c12. The highest BCUT2D eigenvalue weighted by Gasteiger charge is 2.08. The van der Waals surface area contributed by atoms with Gasteiger partial charge in [0.05, 0.1) is 5.69 Å². The Morgan fingerprint density at radius 1 is 0.947 bits per heavy atom. The van der Waals surface area contributed by atoms with E-state index in [-0.39, 0.29) is 0 Å². The van der Waals surface area contributed by atoms with Gasteiger partial charge in [-0.2, -0.15) is 0 Å². The minimum absolute atomic E-state index is 0.871. The Kier molecular flexibility index (Phi) is 2.15. The van der Waals surface area contributed by atoms with Gasteiger partial charge in [-0.1, -0.05) is 18.2 Å². The molecule has 0 fully saturated rings. The first kappa shape index (κ1) is 10.3. The summed E-state index contributed by atoms with van der Waals surface area (Å²) in [6, 6.07) is 21.1. The van der Waals surface area contributed by atoms with Crippen LogP contribution in [0.4, 0.5) is 0 Å². The molecule has 4 rings (SSSR count). The minimum atomic E-state index is 0.871. The average Bonchev–Trinajstić information content (AvgIpc) is 2.86. The van der Waals surface area contributed by atoms with Crippen molar-refractivity contribution in [3.8, 4) is 11.3 Å². The van der Waals surface area contributed by atoms with Crippen molar-refractivity contribution in [3.05, 3.63) is 66.9 Å². The Morgan fingerprint density at radius 3 is 2.84 bits per heavy atom. The molecule has 0 saturated heterocycles. The standard InChI is InChI=1S/C17H10NO/c1-2-7-16-13(5-1)14-11-12(8-9-17(14)19-16)15-6-3-4-10-18-15/h1-4,6-11H. The first-order chi connectivity index (χ1) is 9.42. The predicted octanol–water partition coefficient (Wildman–Crippen LogP) is 4.45. The number of rotatable bonds is 1. The molecular weight excluding hydrogens is 234 g/mol. The summed E-state index contributed by atoms with van der Waals surface area (Å²) < 4.78 is 5.79. The Hall–Kier alpha value is -2.61. The van der Waals surface area contributed by atoms with E-state index in [9.17, 15) is 0 Å². The minimum Gasteiger partial charge on any atom is -0.456 e. The zero-order valence-electron chi connectivity index (χ0n) is 10.1. The van der Waals surface area contributed by atoms with Crippen molar-refractivity contribution < 1.29 is 4.42 Å². The summed E-state index contributed by atoms with van der Waals surface area (Å²) in [6.45, 7) is 0. The maximum atomic E-state index is 5.79. The van der Waals surface area contributed by atoms with Gasteiger partial charge in [0, 0.05) is 22.5 Å². The summed E-state index contributed by atoms with van der Waals surface area (Å²) in [4.78, 5) is 4.38. The lowest BCUT2D eigenvalue weighted by atomic mass is 10.1. The van der Waals surface area contributed by atoms with Crippen LogP contribution in [0.5, 0.6) is 0 Å². The molecule has 0 aliphatic rings. The smallest absolute Gasteiger partial charge is 0.136 e. The fraction of sp³-hybridized carbons (Fsp3) is 0. The maximum absolute atomic E-state index is 5.79. The molecule has 2 heteroatoms. The van der Waals surface area contributed by atoms with Crippen molar-refractivity contribution in [2.24, 2.45) is 0 Å². The van der Waals surface area contributed by atoms with E-state index in [1.807, 2.05) is 48.5 Å². The van der Waals surface area contributed by atoms with Crippen molar-refractivity contribution in [3.63, 3.8) is 0 Å². The second-order valence-electron chi connectivity index (χ2n) is 4.44. The van der Waals surface area contributed by atoms with E-state index in [0.717, 1.165) is 33.2 Å². The monoisotopic (exact) mass is 244 g/mol. The van der Waals surface area contributed by atoms with Crippen LogP contribution in [-0.4, -0.2) is 4.98 Å². The highest BCUT2D eigenvalue weighted by atomic mass is 16.3. The van der Waals surface area contributed by atoms with Gasteiger partial charge in [0.15, 0.2) is 0 Å². The molecule has 2 heterocycles. The highest BCUT2D eigenvalue weighted by Crippen LogP contribution is 2.31. The normalized spacial score (nSPS) is 11.2. The van der Waals surface area contributed by atoms with Gasteiger partial charge in [0.25, 0.3) is 0 Å². The van der Waals surface area contributed by atoms with Crippen molar-refractivity contribution in [2.75, 3.05) is 0 Å². The molecule has 0 saturated carbocycles. The molecule has 89 valence electrons. The third-order valence-electron chi connectivity index (χ3n) is 3.25. The zero-order valence-corrected chi connectivity index (χ0v) is 10.1. The molecule has 2 nitrogen and oxygen atoms in total. The third-order valence-corrected chi connectivity index (χ3v) is 3.25. The van der Waals surface area contributed by atoms with Crippen LogP contribution in [0.15, 0.2) is 65.2 Å². The van der Waals surface area contributed by atoms with E-state index in [1.165, 1.54) is 0 Å². The van der Waals surface area contributed by atoms with Gasteiger partial charge in [-0.15, -0.1) is 0 Å². The van der Waals surface area contributed by atoms with E-state index in [4.69, 9.17) is 4.42 Å². The Balaban J connectivity index is 2.03. The van der Waals surface area contributed by atoms with Gasteiger partial charge < -0.3 is 4.42 Å². The molecule has 0 N–H and O–H groups in total. The molecule has 0 aliphatic heterocycles. The van der Waals surface area contributed by atoms with Crippen LogP contribution in [0.2, 0.25) is 0 Å². The number of pyridine rings is 1. The molecule has 2 aromatic heterocycles. The van der Waals surface area contributed by atoms with Gasteiger partial charge in [-0.25, -0.2) is 0 Å². The van der Waals surface area contributed by atoms with Crippen LogP contribution >= 0.6 is 0 Å². The average molecular weight is 244 g/mol. The molecule has 0 atom stereocenters. The third kappa shape index (κ3) is 1.61. The predicted molar refractivity (Wildman–Crippen MR) is 75.8 cm³/mol. The number of benzene rings is 2. The molecule has 0 aliphatic carbocycles.